The van der Waals surface area contributed by atoms with E-state index in [-0.39, 0.29) is 11.5 Å². The number of amides is 1. The van der Waals surface area contributed by atoms with Gasteiger partial charge in [0.1, 0.15) is 5.75 Å². The maximum absolute atomic E-state index is 12.3. The molecule has 0 bridgehead atoms. The van der Waals surface area contributed by atoms with E-state index >= 15 is 0 Å². The highest BCUT2D eigenvalue weighted by Gasteiger charge is 2.12. The second-order valence-corrected chi connectivity index (χ2v) is 8.08. The predicted octanol–water partition coefficient (Wildman–Crippen LogP) is 2.06. The Morgan fingerprint density at radius 2 is 1.78 bits per heavy atom. The number of hydrogen-bond donors (Lipinski definition) is 2. The van der Waals surface area contributed by atoms with Crippen LogP contribution in [-0.4, -0.2) is 27.1 Å². The van der Waals surface area contributed by atoms with E-state index in [4.69, 9.17) is 10.5 Å². The molecule has 0 atom stereocenters. The molecule has 0 aromatic heterocycles. The minimum Gasteiger partial charge on any atom is -0.484 e. The van der Waals surface area contributed by atoms with Crippen molar-refractivity contribution < 1.29 is 17.9 Å². The molecule has 2 aromatic rings. The Bertz CT molecular complexity index is 890. The van der Waals surface area contributed by atoms with Gasteiger partial charge in [0.15, 0.2) is 6.61 Å². The second-order valence-electron chi connectivity index (χ2n) is 6.42. The topological polar surface area (TPSA) is 111 Å². The van der Waals surface area contributed by atoms with E-state index in [2.05, 4.69) is 23.8 Å². The lowest BCUT2D eigenvalue weighted by Crippen LogP contribution is -2.20. The Morgan fingerprint density at radius 3 is 2.33 bits per heavy atom. The number of hydrazone groups is 1. The Hall–Kier alpha value is -2.87. The van der Waals surface area contributed by atoms with Crippen LogP contribution >= 0.6 is 0 Å². The molecular weight excluding hydrogens is 366 g/mol. The number of primary amides is 1. The number of nitrogens with one attached hydrogen (secondary N) is 1. The van der Waals surface area contributed by atoms with E-state index in [0.717, 1.165) is 12.0 Å². The molecule has 0 heterocycles. The Balaban J connectivity index is 1.96. The van der Waals surface area contributed by atoms with Crippen LogP contribution in [-0.2, 0) is 21.2 Å². The monoisotopic (exact) mass is 389 g/mol. The van der Waals surface area contributed by atoms with E-state index < -0.39 is 15.9 Å². The van der Waals surface area contributed by atoms with Gasteiger partial charge in [-0.05, 0) is 59.9 Å². The summed E-state index contributed by atoms with van der Waals surface area (Å²) in [6, 6.07) is 13.4. The number of ether oxygens (including phenoxy) is 1. The van der Waals surface area contributed by atoms with Crippen molar-refractivity contribution in [3.8, 4) is 5.75 Å². The van der Waals surface area contributed by atoms with E-state index in [0.29, 0.717) is 17.2 Å². The summed E-state index contributed by atoms with van der Waals surface area (Å²) in [7, 11) is -3.73. The first-order valence-corrected chi connectivity index (χ1v) is 9.89. The molecular formula is C19H23N3O4S. The first-order chi connectivity index (χ1) is 12.8. The SMILES string of the molecule is CC(C)Cc1ccc(S(=O)(=O)NN=Cc2ccc(OCC(N)=O)cc2)cc1. The molecule has 0 spiro atoms. The zero-order valence-electron chi connectivity index (χ0n) is 15.3. The van der Waals surface area contributed by atoms with Crippen molar-refractivity contribution in [2.24, 2.45) is 16.8 Å². The third-order valence-electron chi connectivity index (χ3n) is 3.53. The smallest absolute Gasteiger partial charge is 0.276 e. The molecule has 27 heavy (non-hydrogen) atoms. The molecule has 2 rings (SSSR count). The van der Waals surface area contributed by atoms with E-state index in [1.54, 1.807) is 36.4 Å². The standard InChI is InChI=1S/C19H23N3O4S/c1-14(2)11-15-5-9-18(10-6-15)27(24,25)22-21-12-16-3-7-17(8-4-16)26-13-19(20)23/h3-10,12,14,22H,11,13H2,1-2H3,(H2,20,23). The number of rotatable bonds is 9. The molecule has 2 aromatic carbocycles. The van der Waals surface area contributed by atoms with Crippen LogP contribution in [0.4, 0.5) is 0 Å². The van der Waals surface area contributed by atoms with Crippen LogP contribution in [0.5, 0.6) is 5.75 Å². The van der Waals surface area contributed by atoms with Gasteiger partial charge in [-0.1, -0.05) is 26.0 Å². The Labute approximate surface area is 159 Å². The summed E-state index contributed by atoms with van der Waals surface area (Å²) in [5.41, 5.74) is 6.76. The van der Waals surface area contributed by atoms with E-state index in [1.807, 2.05) is 12.1 Å². The van der Waals surface area contributed by atoms with Crippen molar-refractivity contribution in [3.63, 3.8) is 0 Å². The van der Waals surface area contributed by atoms with Gasteiger partial charge in [-0.15, -0.1) is 0 Å². The molecule has 144 valence electrons. The number of nitrogens with zero attached hydrogens (tertiary/aromatic N) is 1. The highest BCUT2D eigenvalue weighted by atomic mass is 32.2. The number of benzene rings is 2. The van der Waals surface area contributed by atoms with Gasteiger partial charge in [-0.25, -0.2) is 4.83 Å². The molecule has 0 fully saturated rings. The van der Waals surface area contributed by atoms with Gasteiger partial charge in [-0.2, -0.15) is 13.5 Å². The maximum atomic E-state index is 12.3. The summed E-state index contributed by atoms with van der Waals surface area (Å²) in [6.45, 7) is 4.01. The summed E-state index contributed by atoms with van der Waals surface area (Å²) in [6.07, 6.45) is 2.27. The summed E-state index contributed by atoms with van der Waals surface area (Å²) in [5.74, 6) is 0.420. The molecule has 0 aliphatic heterocycles. The Morgan fingerprint density at radius 1 is 1.15 bits per heavy atom. The van der Waals surface area contributed by atoms with Crippen molar-refractivity contribution in [2.45, 2.75) is 25.2 Å². The summed E-state index contributed by atoms with van der Waals surface area (Å²) >= 11 is 0. The van der Waals surface area contributed by atoms with Gasteiger partial charge in [0.2, 0.25) is 0 Å². The van der Waals surface area contributed by atoms with Crippen LogP contribution in [0.3, 0.4) is 0 Å². The predicted molar refractivity (Wildman–Crippen MR) is 104 cm³/mol. The number of sulfonamides is 1. The van der Waals surface area contributed by atoms with Gasteiger partial charge in [0.25, 0.3) is 15.9 Å². The third-order valence-corrected chi connectivity index (χ3v) is 4.76. The molecule has 0 aliphatic rings. The zero-order chi connectivity index (χ0) is 19.9. The molecule has 0 unspecified atom stereocenters. The second kappa shape index (κ2) is 9.18. The molecule has 0 aliphatic carbocycles. The van der Waals surface area contributed by atoms with Crippen LogP contribution in [0.25, 0.3) is 0 Å². The number of hydrogen-bond acceptors (Lipinski definition) is 5. The lowest BCUT2D eigenvalue weighted by Gasteiger charge is -2.07. The lowest BCUT2D eigenvalue weighted by atomic mass is 10.0. The summed E-state index contributed by atoms with van der Waals surface area (Å²) in [4.78, 5) is 13.0. The fraction of sp³-hybridized carbons (Fsp3) is 0.263. The first kappa shape index (κ1) is 20.4. The van der Waals surface area contributed by atoms with Crippen molar-refractivity contribution in [2.75, 3.05) is 6.61 Å². The van der Waals surface area contributed by atoms with Crippen molar-refractivity contribution >= 4 is 22.1 Å². The summed E-state index contributed by atoms with van der Waals surface area (Å²) < 4.78 is 29.7. The average Bonchev–Trinajstić information content (AvgIpc) is 2.61. The van der Waals surface area contributed by atoms with Gasteiger partial charge < -0.3 is 10.5 Å². The average molecular weight is 389 g/mol. The maximum Gasteiger partial charge on any atom is 0.276 e. The van der Waals surface area contributed by atoms with Crippen LogP contribution in [0.15, 0.2) is 58.5 Å². The van der Waals surface area contributed by atoms with Gasteiger partial charge in [0, 0.05) is 0 Å². The number of nitrogens with two attached hydrogens (primary N) is 1. The normalized spacial score (nSPS) is 11.7. The minimum atomic E-state index is -3.73. The molecule has 0 saturated carbocycles. The molecule has 0 radical (unpaired) electrons. The highest BCUT2D eigenvalue weighted by molar-refractivity contribution is 7.89. The quantitative estimate of drug-likeness (QED) is 0.505. The van der Waals surface area contributed by atoms with Gasteiger partial charge in [0.05, 0.1) is 11.1 Å². The van der Waals surface area contributed by atoms with Gasteiger partial charge >= 0.3 is 0 Å². The molecule has 0 saturated heterocycles. The number of carbonyl (C=O) groups excluding carboxylic acids is 1. The molecule has 7 nitrogen and oxygen atoms in total. The van der Waals surface area contributed by atoms with Crippen molar-refractivity contribution in [1.82, 2.24) is 4.83 Å². The fourth-order valence-electron chi connectivity index (χ4n) is 2.30. The zero-order valence-corrected chi connectivity index (χ0v) is 16.1. The third kappa shape index (κ3) is 6.74. The fourth-order valence-corrected chi connectivity index (χ4v) is 3.09. The molecule has 1 amide bonds. The largest absolute Gasteiger partial charge is 0.484 e. The van der Waals surface area contributed by atoms with E-state index in [9.17, 15) is 13.2 Å². The van der Waals surface area contributed by atoms with E-state index in [1.165, 1.54) is 6.21 Å². The summed E-state index contributed by atoms with van der Waals surface area (Å²) in [5, 5.41) is 3.79. The number of carbonyl (C=O) groups is 1. The van der Waals surface area contributed by atoms with Crippen LogP contribution in [0, 0.1) is 5.92 Å². The van der Waals surface area contributed by atoms with Crippen LogP contribution in [0.1, 0.15) is 25.0 Å². The first-order valence-electron chi connectivity index (χ1n) is 8.41. The molecule has 8 heteroatoms. The minimum absolute atomic E-state index is 0.155. The molecule has 3 N–H and O–H groups in total. The highest BCUT2D eigenvalue weighted by Crippen LogP contribution is 2.14. The van der Waals surface area contributed by atoms with Gasteiger partial charge in [-0.3, -0.25) is 4.79 Å². The van der Waals surface area contributed by atoms with Crippen molar-refractivity contribution in [3.05, 3.63) is 59.7 Å². The Kier molecular flexibility index (Phi) is 6.95. The lowest BCUT2D eigenvalue weighted by molar-refractivity contribution is -0.119. The van der Waals surface area contributed by atoms with Crippen LogP contribution in [0.2, 0.25) is 0 Å². The van der Waals surface area contributed by atoms with Crippen LogP contribution < -0.4 is 15.3 Å². The van der Waals surface area contributed by atoms with Crippen molar-refractivity contribution in [1.29, 1.82) is 0 Å².